The minimum absolute atomic E-state index is 0.0818. The molecule has 2 fully saturated rings. The first kappa shape index (κ1) is 27.0. The lowest BCUT2D eigenvalue weighted by Crippen LogP contribution is -2.66. The van der Waals surface area contributed by atoms with E-state index in [2.05, 4.69) is 25.5 Å². The molecule has 0 aromatic rings. The topological polar surface area (TPSA) is 55.8 Å². The Kier molecular flexibility index (Phi) is 12.9. The van der Waals surface area contributed by atoms with Crippen LogP contribution in [-0.4, -0.2) is 61.9 Å². The molecule has 0 N–H and O–H groups in total. The van der Waals surface area contributed by atoms with Crippen molar-refractivity contribution in [1.82, 2.24) is 4.57 Å². The third-order valence-corrected chi connectivity index (χ3v) is 13.1. The number of hydrogen-bond acceptors (Lipinski definition) is 6. The lowest BCUT2D eigenvalue weighted by atomic mass is 10.1. The van der Waals surface area contributed by atoms with E-state index in [-0.39, 0.29) is 21.4 Å². The van der Waals surface area contributed by atoms with Crippen LogP contribution in [0.15, 0.2) is 0 Å². The average molecular weight is 472 g/mol. The van der Waals surface area contributed by atoms with Crippen molar-refractivity contribution in [2.75, 3.05) is 27.0 Å². The lowest BCUT2D eigenvalue weighted by Gasteiger charge is -2.47. The summed E-state index contributed by atoms with van der Waals surface area (Å²) in [6.07, 6.45) is 15.4. The number of ketones is 1. The fourth-order valence-corrected chi connectivity index (χ4v) is 11.3. The molecule has 3 unspecified atom stereocenters. The highest BCUT2D eigenvalue weighted by atomic mass is 32.2. The van der Waals surface area contributed by atoms with Gasteiger partial charge in [0.25, 0.3) is 5.12 Å². The largest absolute Gasteiger partial charge is 0.355 e. The maximum absolute atomic E-state index is 12.6. The molecule has 5 nitrogen and oxygen atoms in total. The maximum Gasteiger partial charge on any atom is 0.256 e. The molecule has 0 aromatic carbocycles. The van der Waals surface area contributed by atoms with E-state index in [1.54, 1.807) is 0 Å². The van der Waals surface area contributed by atoms with Crippen LogP contribution in [0.1, 0.15) is 97.3 Å². The molecule has 7 heteroatoms. The van der Waals surface area contributed by atoms with Crippen LogP contribution in [0, 0.1) is 0 Å². The molecule has 2 aliphatic rings. The lowest BCUT2D eigenvalue weighted by molar-refractivity contribution is -0.134. The van der Waals surface area contributed by atoms with Crippen LogP contribution in [0.4, 0.5) is 0 Å². The van der Waals surface area contributed by atoms with Crippen molar-refractivity contribution in [3.63, 3.8) is 0 Å². The van der Waals surface area contributed by atoms with Gasteiger partial charge in [-0.05, 0) is 45.3 Å². The van der Waals surface area contributed by atoms with Gasteiger partial charge in [0.2, 0.25) is 5.78 Å². The van der Waals surface area contributed by atoms with E-state index >= 15 is 0 Å². The van der Waals surface area contributed by atoms with Crippen molar-refractivity contribution in [2.24, 2.45) is 0 Å². The Balaban J connectivity index is 1.66. The first-order chi connectivity index (χ1) is 15.0. The SMILES string of the molecule is CCCCCCCCCOCOC1CCC[SiH](C2(CCCC)SC(=O)C2=O)N(C)CC1. The molecule has 2 aliphatic heterocycles. The standard InChI is InChI=1S/C24H45NO4SSi/c1-4-6-8-9-10-11-12-18-28-20-29-21-14-13-19-31(25(3)17-15-21)24(16-7-5-2)22(26)23(27)30-24/h21,31H,4-20H2,1-3H3. The molecule has 2 saturated heterocycles. The van der Waals surface area contributed by atoms with Crippen molar-refractivity contribution >= 4 is 31.6 Å². The molecule has 2 rings (SSSR count). The maximum atomic E-state index is 12.6. The van der Waals surface area contributed by atoms with Gasteiger partial charge in [-0.3, -0.25) is 9.59 Å². The Labute approximate surface area is 196 Å². The number of Topliss-reactive ketones (excluding diaryl/α,β-unsaturated/α-hetero) is 1. The van der Waals surface area contributed by atoms with Crippen molar-refractivity contribution in [3.8, 4) is 0 Å². The summed E-state index contributed by atoms with van der Waals surface area (Å²) < 4.78 is 13.8. The fraction of sp³-hybridized carbons (Fsp3) is 0.917. The number of carbonyl (C=O) groups is 2. The van der Waals surface area contributed by atoms with Gasteiger partial charge in [-0.1, -0.05) is 83.4 Å². The van der Waals surface area contributed by atoms with E-state index in [1.165, 1.54) is 50.3 Å². The quantitative estimate of drug-likeness (QED) is 0.141. The number of rotatable bonds is 15. The zero-order valence-corrected chi connectivity index (χ0v) is 22.1. The molecule has 0 aliphatic carbocycles. The molecule has 0 aromatic heterocycles. The third kappa shape index (κ3) is 8.25. The van der Waals surface area contributed by atoms with E-state index in [9.17, 15) is 9.59 Å². The second-order valence-electron chi connectivity index (χ2n) is 9.36. The molecule has 31 heavy (non-hydrogen) atoms. The molecular formula is C24H45NO4SSi. The van der Waals surface area contributed by atoms with Crippen LogP contribution >= 0.6 is 11.8 Å². The minimum Gasteiger partial charge on any atom is -0.355 e. The molecule has 2 heterocycles. The second kappa shape index (κ2) is 14.8. The van der Waals surface area contributed by atoms with E-state index in [0.29, 0.717) is 6.79 Å². The zero-order valence-electron chi connectivity index (χ0n) is 20.2. The number of thioether (sulfide) groups is 1. The van der Waals surface area contributed by atoms with E-state index in [1.807, 2.05) is 0 Å². The smallest absolute Gasteiger partial charge is 0.256 e. The summed E-state index contributed by atoms with van der Waals surface area (Å²) in [4.78, 5) is 24.4. The normalized spacial score (nSPS) is 27.7. The highest BCUT2D eigenvalue weighted by Gasteiger charge is 2.60. The van der Waals surface area contributed by atoms with Crippen LogP contribution in [0.2, 0.25) is 6.04 Å². The highest BCUT2D eigenvalue weighted by molar-refractivity contribution is 8.22. The van der Waals surface area contributed by atoms with Gasteiger partial charge in [0.15, 0.2) is 0 Å². The first-order valence-electron chi connectivity index (χ1n) is 12.7. The van der Waals surface area contributed by atoms with Crippen molar-refractivity contribution in [1.29, 1.82) is 0 Å². The van der Waals surface area contributed by atoms with Crippen molar-refractivity contribution < 1.29 is 19.1 Å². The van der Waals surface area contributed by atoms with Gasteiger partial charge in [0, 0.05) is 6.61 Å². The zero-order chi connectivity index (χ0) is 22.5. The van der Waals surface area contributed by atoms with Crippen LogP contribution in [-0.2, 0) is 19.1 Å². The van der Waals surface area contributed by atoms with E-state index < -0.39 is 8.96 Å². The Hall–Kier alpha value is -0.213. The number of nitrogens with zero attached hydrogens (tertiary/aromatic N) is 1. The van der Waals surface area contributed by atoms with E-state index in [0.717, 1.165) is 64.1 Å². The summed E-state index contributed by atoms with van der Waals surface area (Å²) in [7, 11) is 0.656. The van der Waals surface area contributed by atoms with Gasteiger partial charge >= 0.3 is 0 Å². The minimum atomic E-state index is -1.51. The number of ether oxygens (including phenoxy) is 2. The number of unbranched alkanes of at least 4 members (excludes halogenated alkanes) is 7. The number of hydrogen-bond donors (Lipinski definition) is 0. The van der Waals surface area contributed by atoms with Gasteiger partial charge in [0.1, 0.15) is 15.8 Å². The molecule has 0 bridgehead atoms. The van der Waals surface area contributed by atoms with Gasteiger partial charge in [0.05, 0.1) is 10.5 Å². The molecule has 180 valence electrons. The molecule has 0 saturated carbocycles. The highest BCUT2D eigenvalue weighted by Crippen LogP contribution is 2.47. The summed E-state index contributed by atoms with van der Waals surface area (Å²) in [6, 6.07) is 1.09. The predicted octanol–water partition coefficient (Wildman–Crippen LogP) is 5.25. The van der Waals surface area contributed by atoms with Crippen LogP contribution in [0.5, 0.6) is 0 Å². The van der Waals surface area contributed by atoms with Crippen LogP contribution < -0.4 is 0 Å². The van der Waals surface area contributed by atoms with Crippen molar-refractivity contribution in [3.05, 3.63) is 0 Å². The van der Waals surface area contributed by atoms with Gasteiger partial charge in [-0.25, -0.2) is 0 Å². The van der Waals surface area contributed by atoms with E-state index in [4.69, 9.17) is 9.47 Å². The molecule has 0 spiro atoms. The van der Waals surface area contributed by atoms with Gasteiger partial charge < -0.3 is 14.0 Å². The van der Waals surface area contributed by atoms with Crippen LogP contribution in [0.25, 0.3) is 0 Å². The Morgan fingerprint density at radius 1 is 1.03 bits per heavy atom. The second-order valence-corrected chi connectivity index (χ2v) is 14.6. The van der Waals surface area contributed by atoms with Crippen molar-refractivity contribution in [2.45, 2.75) is 114 Å². The van der Waals surface area contributed by atoms with Gasteiger partial charge in [-0.2, -0.15) is 0 Å². The molecule has 0 radical (unpaired) electrons. The Morgan fingerprint density at radius 2 is 1.74 bits per heavy atom. The fourth-order valence-electron chi connectivity index (χ4n) is 4.90. The van der Waals surface area contributed by atoms with Gasteiger partial charge in [-0.15, -0.1) is 0 Å². The molecular weight excluding hydrogens is 426 g/mol. The summed E-state index contributed by atoms with van der Waals surface area (Å²) in [5.41, 5.74) is 0. The third-order valence-electron chi connectivity index (χ3n) is 6.90. The predicted molar refractivity (Wildman–Crippen MR) is 132 cm³/mol. The summed E-state index contributed by atoms with van der Waals surface area (Å²) >= 11 is 1.36. The Morgan fingerprint density at radius 3 is 2.42 bits per heavy atom. The summed E-state index contributed by atoms with van der Waals surface area (Å²) in [5.74, 6) is -0.0818. The first-order valence-corrected chi connectivity index (χ1v) is 15.4. The monoisotopic (exact) mass is 471 g/mol. The molecule has 0 amide bonds. The number of carbonyl (C=O) groups excluding carboxylic acids is 2. The van der Waals surface area contributed by atoms with Crippen LogP contribution in [0.3, 0.4) is 0 Å². The summed E-state index contributed by atoms with van der Waals surface area (Å²) in [6.45, 7) is 6.55. The average Bonchev–Trinajstić information content (AvgIpc) is 2.76. The Bertz CT molecular complexity index is 550. The molecule has 3 atom stereocenters. The summed E-state index contributed by atoms with van der Waals surface area (Å²) in [5, 5.41) is -0.210.